The first-order valence-corrected chi connectivity index (χ1v) is 10.5. The maximum atomic E-state index is 13.0. The molecule has 32 heavy (non-hydrogen) atoms. The number of carbonyl (C=O) groups excluding carboxylic acids is 1. The molecule has 0 bridgehead atoms. The van der Waals surface area contributed by atoms with Crippen molar-refractivity contribution in [3.8, 4) is 5.75 Å². The summed E-state index contributed by atoms with van der Waals surface area (Å²) in [4.78, 5) is 18.9. The Labute approximate surface area is 205 Å². The van der Waals surface area contributed by atoms with Gasteiger partial charge in [0.05, 0.1) is 19.7 Å². The molecule has 1 atom stereocenters. The molecule has 1 aliphatic heterocycles. The lowest BCUT2D eigenvalue weighted by molar-refractivity contribution is -0.115. The number of halogens is 2. The van der Waals surface area contributed by atoms with Crippen molar-refractivity contribution in [3.05, 3.63) is 59.9 Å². The average molecular weight is 555 g/mol. The zero-order valence-electron chi connectivity index (χ0n) is 18.4. The lowest BCUT2D eigenvalue weighted by Crippen LogP contribution is -2.44. The number of carbonyl (C=O) groups is 1. The second-order valence-corrected chi connectivity index (χ2v) is 7.39. The van der Waals surface area contributed by atoms with Gasteiger partial charge in [-0.25, -0.2) is 4.39 Å². The van der Waals surface area contributed by atoms with Gasteiger partial charge in [-0.3, -0.25) is 14.7 Å². The maximum absolute atomic E-state index is 13.0. The summed E-state index contributed by atoms with van der Waals surface area (Å²) in [6.45, 7) is 2.83. The van der Waals surface area contributed by atoms with E-state index in [1.165, 1.54) is 42.7 Å². The van der Waals surface area contributed by atoms with E-state index in [9.17, 15) is 9.18 Å². The summed E-state index contributed by atoms with van der Waals surface area (Å²) in [5.41, 5.74) is 1.75. The van der Waals surface area contributed by atoms with E-state index < -0.39 is 0 Å². The molecule has 0 aliphatic carbocycles. The molecule has 0 aromatic heterocycles. The van der Waals surface area contributed by atoms with Crippen molar-refractivity contribution >= 4 is 41.5 Å². The van der Waals surface area contributed by atoms with Crippen LogP contribution >= 0.6 is 24.0 Å². The molecule has 0 radical (unpaired) electrons. The molecule has 1 fully saturated rings. The molecule has 9 heteroatoms. The monoisotopic (exact) mass is 555 g/mol. The molecule has 1 amide bonds. The Morgan fingerprint density at radius 1 is 1.09 bits per heavy atom. The highest BCUT2D eigenvalue weighted by Crippen LogP contribution is 2.26. The third-order valence-electron chi connectivity index (χ3n) is 5.31. The first kappa shape index (κ1) is 25.9. The van der Waals surface area contributed by atoms with E-state index in [4.69, 9.17) is 4.74 Å². The Morgan fingerprint density at radius 2 is 1.75 bits per heavy atom. The molecule has 1 saturated heterocycles. The van der Waals surface area contributed by atoms with Gasteiger partial charge in [-0.05, 0) is 67.9 Å². The van der Waals surface area contributed by atoms with Crippen LogP contribution in [0.4, 0.5) is 10.1 Å². The number of likely N-dealkylation sites (tertiary alicyclic amines) is 1. The second-order valence-electron chi connectivity index (χ2n) is 7.39. The van der Waals surface area contributed by atoms with E-state index in [1.54, 1.807) is 14.2 Å². The number of nitrogens with zero attached hydrogens (tertiary/aromatic N) is 2. The molecular formula is C23H31FIN5O2. The molecule has 174 valence electrons. The minimum absolute atomic E-state index is 0. The molecular weight excluding hydrogens is 524 g/mol. The number of methoxy groups -OCH3 is 1. The Morgan fingerprint density at radius 3 is 2.34 bits per heavy atom. The van der Waals surface area contributed by atoms with Crippen molar-refractivity contribution in [3.63, 3.8) is 0 Å². The number of guanidine groups is 1. The van der Waals surface area contributed by atoms with E-state index in [2.05, 4.69) is 38.0 Å². The van der Waals surface area contributed by atoms with Gasteiger partial charge >= 0.3 is 0 Å². The molecule has 1 aliphatic rings. The van der Waals surface area contributed by atoms with Crippen LogP contribution < -0.4 is 20.7 Å². The van der Waals surface area contributed by atoms with Crippen LogP contribution in [-0.2, 0) is 4.79 Å². The highest BCUT2D eigenvalue weighted by Gasteiger charge is 2.23. The fraction of sp³-hybridized carbons (Fsp3) is 0.391. The van der Waals surface area contributed by atoms with Gasteiger partial charge in [0, 0.05) is 19.3 Å². The number of anilines is 1. The molecule has 2 aromatic carbocycles. The summed E-state index contributed by atoms with van der Waals surface area (Å²) in [7, 11) is 3.34. The summed E-state index contributed by atoms with van der Waals surface area (Å²) in [5, 5.41) is 9.09. The summed E-state index contributed by atoms with van der Waals surface area (Å²) >= 11 is 0. The largest absolute Gasteiger partial charge is 0.497 e. The van der Waals surface area contributed by atoms with Gasteiger partial charge in [0.2, 0.25) is 5.91 Å². The van der Waals surface area contributed by atoms with Crippen LogP contribution in [0, 0.1) is 5.82 Å². The van der Waals surface area contributed by atoms with Crippen LogP contribution in [0.25, 0.3) is 0 Å². The van der Waals surface area contributed by atoms with Crippen LogP contribution in [0.3, 0.4) is 0 Å². The number of benzene rings is 2. The third-order valence-corrected chi connectivity index (χ3v) is 5.31. The van der Waals surface area contributed by atoms with E-state index in [0.717, 1.165) is 18.8 Å². The van der Waals surface area contributed by atoms with Crippen LogP contribution in [0.2, 0.25) is 0 Å². The molecule has 2 aromatic rings. The average Bonchev–Trinajstić information content (AvgIpc) is 3.32. The minimum Gasteiger partial charge on any atom is -0.497 e. The van der Waals surface area contributed by atoms with Gasteiger partial charge in [-0.2, -0.15) is 0 Å². The van der Waals surface area contributed by atoms with Crippen molar-refractivity contribution in [1.29, 1.82) is 0 Å². The first-order chi connectivity index (χ1) is 15.1. The second kappa shape index (κ2) is 13.2. The third kappa shape index (κ3) is 7.63. The van der Waals surface area contributed by atoms with Gasteiger partial charge in [0.15, 0.2) is 5.96 Å². The fourth-order valence-corrected chi connectivity index (χ4v) is 3.65. The van der Waals surface area contributed by atoms with Gasteiger partial charge < -0.3 is 20.7 Å². The van der Waals surface area contributed by atoms with Crippen molar-refractivity contribution < 1.29 is 13.9 Å². The summed E-state index contributed by atoms with van der Waals surface area (Å²) in [5.74, 6) is 0.805. The van der Waals surface area contributed by atoms with Crippen molar-refractivity contribution in [2.24, 2.45) is 4.99 Å². The SMILES string of the molecule is CN=C(NCC(=O)Nc1ccc(F)cc1)NCC(c1ccc(OC)cc1)N1CCCC1.I. The zero-order valence-corrected chi connectivity index (χ0v) is 20.8. The number of hydrogen-bond acceptors (Lipinski definition) is 4. The predicted octanol–water partition coefficient (Wildman–Crippen LogP) is 3.39. The van der Waals surface area contributed by atoms with Gasteiger partial charge in [0.25, 0.3) is 0 Å². The molecule has 1 heterocycles. The van der Waals surface area contributed by atoms with Crippen LogP contribution in [0.1, 0.15) is 24.4 Å². The Balaban J connectivity index is 0.00000363. The van der Waals surface area contributed by atoms with Crippen LogP contribution in [0.15, 0.2) is 53.5 Å². The topological polar surface area (TPSA) is 78.0 Å². The number of nitrogens with one attached hydrogen (secondary N) is 3. The van der Waals surface area contributed by atoms with E-state index >= 15 is 0 Å². The smallest absolute Gasteiger partial charge is 0.243 e. The Bertz CT molecular complexity index is 871. The van der Waals surface area contributed by atoms with Crippen LogP contribution in [-0.4, -0.2) is 57.1 Å². The number of aliphatic imine (C=N–C) groups is 1. The van der Waals surface area contributed by atoms with Crippen molar-refractivity contribution in [2.75, 3.05) is 45.7 Å². The maximum Gasteiger partial charge on any atom is 0.243 e. The Hall–Kier alpha value is -2.40. The molecule has 3 rings (SSSR count). The van der Waals surface area contributed by atoms with E-state index in [0.29, 0.717) is 18.2 Å². The zero-order chi connectivity index (χ0) is 22.1. The molecule has 7 nitrogen and oxygen atoms in total. The van der Waals surface area contributed by atoms with E-state index in [-0.39, 0.29) is 48.3 Å². The Kier molecular flexibility index (Phi) is 10.7. The minimum atomic E-state index is -0.342. The lowest BCUT2D eigenvalue weighted by Gasteiger charge is -2.29. The molecule has 0 saturated carbocycles. The molecule has 0 spiro atoms. The van der Waals surface area contributed by atoms with Gasteiger partial charge in [0.1, 0.15) is 11.6 Å². The summed E-state index contributed by atoms with van der Waals surface area (Å²) in [6.07, 6.45) is 2.40. The molecule has 3 N–H and O–H groups in total. The number of ether oxygens (including phenoxy) is 1. The van der Waals surface area contributed by atoms with Gasteiger partial charge in [-0.1, -0.05) is 12.1 Å². The number of hydrogen-bond donors (Lipinski definition) is 3. The fourth-order valence-electron chi connectivity index (χ4n) is 3.65. The standard InChI is InChI=1S/C23H30FN5O2.HI/c1-25-23(27-16-22(30)28-19-9-7-18(24)8-10-19)26-15-21(29-13-3-4-14-29)17-5-11-20(31-2)12-6-17;/h5-12,21H,3-4,13-16H2,1-2H3,(H,28,30)(H2,25,26,27);1H. The quantitative estimate of drug-likeness (QED) is 0.265. The number of amides is 1. The predicted molar refractivity (Wildman–Crippen MR) is 136 cm³/mol. The molecule has 1 unspecified atom stereocenters. The van der Waals surface area contributed by atoms with E-state index in [1.807, 2.05) is 12.1 Å². The van der Waals surface area contributed by atoms with Crippen LogP contribution in [0.5, 0.6) is 5.75 Å². The van der Waals surface area contributed by atoms with Gasteiger partial charge in [-0.15, -0.1) is 24.0 Å². The summed E-state index contributed by atoms with van der Waals surface area (Å²) in [6, 6.07) is 14.0. The lowest BCUT2D eigenvalue weighted by atomic mass is 10.1. The number of rotatable bonds is 8. The normalized spacial score (nSPS) is 14.9. The van der Waals surface area contributed by atoms with Crippen molar-refractivity contribution in [1.82, 2.24) is 15.5 Å². The first-order valence-electron chi connectivity index (χ1n) is 10.5. The summed E-state index contributed by atoms with van der Waals surface area (Å²) < 4.78 is 18.3. The van der Waals surface area contributed by atoms with Crippen molar-refractivity contribution in [2.45, 2.75) is 18.9 Å². The highest BCUT2D eigenvalue weighted by atomic mass is 127. The highest BCUT2D eigenvalue weighted by molar-refractivity contribution is 14.0.